The number of nitrogens with zero attached hydrogens (tertiary/aromatic N) is 3. The normalized spacial score (nSPS) is 20.9. The third-order valence-electron chi connectivity index (χ3n) is 3.93. The highest BCUT2D eigenvalue weighted by Crippen LogP contribution is 2.25. The predicted octanol–water partition coefficient (Wildman–Crippen LogP) is -0.0272. The van der Waals surface area contributed by atoms with Crippen LogP contribution in [0, 0.1) is 6.92 Å². The second-order valence-corrected chi connectivity index (χ2v) is 9.29. The summed E-state index contributed by atoms with van der Waals surface area (Å²) in [7, 11) is -7.64. The lowest BCUT2D eigenvalue weighted by molar-refractivity contribution is 0.346. The third kappa shape index (κ3) is 2.96. The Labute approximate surface area is 133 Å². The first-order valence-corrected chi connectivity index (χ1v) is 9.98. The SMILES string of the molecule is Cc1noc2ncc(S(=O)(=O)N3CCC[C@@H](S(N)(=O)=O)C3)cc12. The summed E-state index contributed by atoms with van der Waals surface area (Å²) in [5.74, 6) is 0. The fourth-order valence-electron chi connectivity index (χ4n) is 2.61. The van der Waals surface area contributed by atoms with Crippen LogP contribution in [0.25, 0.3) is 11.1 Å². The minimum atomic E-state index is -3.86. The molecule has 2 N–H and O–H groups in total. The fraction of sp³-hybridized carbons (Fsp3) is 0.500. The van der Waals surface area contributed by atoms with E-state index in [1.165, 1.54) is 12.3 Å². The van der Waals surface area contributed by atoms with Gasteiger partial charge in [-0.25, -0.2) is 27.0 Å². The molecule has 11 heteroatoms. The topological polar surface area (TPSA) is 136 Å². The van der Waals surface area contributed by atoms with E-state index >= 15 is 0 Å². The standard InChI is InChI=1S/C12H16N4O5S2/c1-8-11-5-10(6-14-12(11)21-15-8)23(19,20)16-4-2-3-9(7-16)22(13,17)18/h5-6,9H,2-4,7H2,1H3,(H2,13,17,18)/t9-/m1/s1. The van der Waals surface area contributed by atoms with E-state index in [-0.39, 0.29) is 23.7 Å². The number of hydrogen-bond donors (Lipinski definition) is 1. The van der Waals surface area contributed by atoms with Gasteiger partial charge in [-0.1, -0.05) is 5.16 Å². The van der Waals surface area contributed by atoms with Gasteiger partial charge < -0.3 is 4.52 Å². The molecule has 9 nitrogen and oxygen atoms in total. The maximum absolute atomic E-state index is 12.7. The molecule has 23 heavy (non-hydrogen) atoms. The molecule has 1 saturated heterocycles. The lowest BCUT2D eigenvalue weighted by Crippen LogP contribution is -2.46. The van der Waals surface area contributed by atoms with E-state index in [1.807, 2.05) is 0 Å². The highest BCUT2D eigenvalue weighted by Gasteiger charge is 2.35. The summed E-state index contributed by atoms with van der Waals surface area (Å²) in [6.07, 6.45) is 1.97. The average molecular weight is 360 g/mol. The summed E-state index contributed by atoms with van der Waals surface area (Å²) in [6, 6.07) is 1.43. The highest BCUT2D eigenvalue weighted by molar-refractivity contribution is 7.90. The first kappa shape index (κ1) is 16.3. The monoisotopic (exact) mass is 360 g/mol. The van der Waals surface area contributed by atoms with E-state index in [0.29, 0.717) is 23.9 Å². The second-order valence-electron chi connectivity index (χ2n) is 5.51. The van der Waals surface area contributed by atoms with Gasteiger partial charge in [0.2, 0.25) is 20.0 Å². The summed E-state index contributed by atoms with van der Waals surface area (Å²) in [6.45, 7) is 1.78. The van der Waals surface area contributed by atoms with Crippen molar-refractivity contribution in [3.8, 4) is 0 Å². The molecule has 0 aliphatic carbocycles. The van der Waals surface area contributed by atoms with Gasteiger partial charge >= 0.3 is 0 Å². The van der Waals surface area contributed by atoms with E-state index in [4.69, 9.17) is 9.66 Å². The molecule has 0 bridgehead atoms. The minimum absolute atomic E-state index is 0.0219. The van der Waals surface area contributed by atoms with Gasteiger partial charge in [-0.2, -0.15) is 4.31 Å². The largest absolute Gasteiger partial charge is 0.336 e. The van der Waals surface area contributed by atoms with E-state index in [1.54, 1.807) is 6.92 Å². The molecule has 3 heterocycles. The second kappa shape index (κ2) is 5.51. The number of primary sulfonamides is 1. The van der Waals surface area contributed by atoms with E-state index < -0.39 is 25.3 Å². The molecule has 2 aromatic rings. The summed E-state index contributed by atoms with van der Waals surface area (Å²) in [5, 5.41) is 8.50. The summed E-state index contributed by atoms with van der Waals surface area (Å²) < 4.78 is 54.6. The Morgan fingerprint density at radius 3 is 2.78 bits per heavy atom. The van der Waals surface area contributed by atoms with Gasteiger partial charge in [-0.3, -0.25) is 0 Å². The maximum atomic E-state index is 12.7. The number of aromatic nitrogens is 2. The van der Waals surface area contributed by atoms with Gasteiger partial charge in [-0.05, 0) is 25.8 Å². The van der Waals surface area contributed by atoms with Crippen LogP contribution >= 0.6 is 0 Å². The third-order valence-corrected chi connectivity index (χ3v) is 7.07. The quantitative estimate of drug-likeness (QED) is 0.811. The van der Waals surface area contributed by atoms with Crippen molar-refractivity contribution in [2.75, 3.05) is 13.1 Å². The van der Waals surface area contributed by atoms with Crippen molar-refractivity contribution < 1.29 is 21.4 Å². The van der Waals surface area contributed by atoms with Gasteiger partial charge in [0.15, 0.2) is 0 Å². The van der Waals surface area contributed by atoms with Crippen molar-refractivity contribution in [3.05, 3.63) is 18.0 Å². The Morgan fingerprint density at radius 1 is 1.35 bits per heavy atom. The van der Waals surface area contributed by atoms with E-state index in [9.17, 15) is 16.8 Å². The molecule has 1 fully saturated rings. The molecule has 0 spiro atoms. The minimum Gasteiger partial charge on any atom is -0.336 e. The molecule has 0 aromatic carbocycles. The van der Waals surface area contributed by atoms with Gasteiger partial charge in [0, 0.05) is 13.1 Å². The van der Waals surface area contributed by atoms with Gasteiger partial charge in [-0.15, -0.1) is 0 Å². The van der Waals surface area contributed by atoms with Crippen LogP contribution in [-0.2, 0) is 20.0 Å². The van der Waals surface area contributed by atoms with Crippen molar-refractivity contribution in [3.63, 3.8) is 0 Å². The number of hydrogen-bond acceptors (Lipinski definition) is 7. The van der Waals surface area contributed by atoms with Crippen LogP contribution in [0.2, 0.25) is 0 Å². The first-order valence-electron chi connectivity index (χ1n) is 6.93. The number of piperidine rings is 1. The zero-order chi connectivity index (χ0) is 16.8. The molecule has 1 aliphatic rings. The van der Waals surface area contributed by atoms with Crippen molar-refractivity contribution in [2.45, 2.75) is 29.9 Å². The Hall–Kier alpha value is -1.56. The molecular formula is C12H16N4O5S2. The van der Waals surface area contributed by atoms with Crippen LogP contribution in [-0.4, -0.2) is 49.6 Å². The van der Waals surface area contributed by atoms with Crippen LogP contribution in [0.3, 0.4) is 0 Å². The lowest BCUT2D eigenvalue weighted by atomic mass is 10.2. The molecule has 126 valence electrons. The number of pyridine rings is 1. The molecule has 0 unspecified atom stereocenters. The summed E-state index contributed by atoms with van der Waals surface area (Å²) in [5.41, 5.74) is 0.785. The van der Waals surface area contributed by atoms with Gasteiger partial charge in [0.1, 0.15) is 4.90 Å². The van der Waals surface area contributed by atoms with E-state index in [0.717, 1.165) is 4.31 Å². The average Bonchev–Trinajstić information content (AvgIpc) is 2.87. The van der Waals surface area contributed by atoms with Gasteiger partial charge in [0.25, 0.3) is 5.71 Å². The Balaban J connectivity index is 1.97. The molecule has 0 saturated carbocycles. The van der Waals surface area contributed by atoms with Crippen LogP contribution in [0.5, 0.6) is 0 Å². The first-order chi connectivity index (χ1) is 10.7. The van der Waals surface area contributed by atoms with Gasteiger partial charge in [0.05, 0.1) is 22.5 Å². The fourth-order valence-corrected chi connectivity index (χ4v) is 5.08. The van der Waals surface area contributed by atoms with Crippen LogP contribution in [0.4, 0.5) is 0 Å². The zero-order valence-corrected chi connectivity index (χ0v) is 14.0. The Kier molecular flexibility index (Phi) is 3.91. The molecule has 2 aromatic heterocycles. The number of aryl methyl sites for hydroxylation is 1. The van der Waals surface area contributed by atoms with Crippen molar-refractivity contribution in [2.24, 2.45) is 5.14 Å². The van der Waals surface area contributed by atoms with Crippen molar-refractivity contribution in [1.82, 2.24) is 14.4 Å². The Morgan fingerprint density at radius 2 is 2.09 bits per heavy atom. The van der Waals surface area contributed by atoms with Crippen molar-refractivity contribution >= 4 is 31.1 Å². The van der Waals surface area contributed by atoms with Crippen LogP contribution in [0.15, 0.2) is 21.7 Å². The number of rotatable bonds is 3. The predicted molar refractivity (Wildman–Crippen MR) is 81.4 cm³/mol. The van der Waals surface area contributed by atoms with Crippen LogP contribution < -0.4 is 5.14 Å². The van der Waals surface area contributed by atoms with Crippen LogP contribution in [0.1, 0.15) is 18.5 Å². The lowest BCUT2D eigenvalue weighted by Gasteiger charge is -2.30. The summed E-state index contributed by atoms with van der Waals surface area (Å²) >= 11 is 0. The smallest absolute Gasteiger partial charge is 0.257 e. The number of fused-ring (bicyclic) bond motifs is 1. The Bertz CT molecular complexity index is 951. The molecular weight excluding hydrogens is 344 g/mol. The number of sulfonamides is 2. The maximum Gasteiger partial charge on any atom is 0.257 e. The number of nitrogens with two attached hydrogens (primary N) is 1. The molecule has 0 radical (unpaired) electrons. The molecule has 0 amide bonds. The summed E-state index contributed by atoms with van der Waals surface area (Å²) in [4.78, 5) is 3.93. The van der Waals surface area contributed by atoms with Crippen molar-refractivity contribution in [1.29, 1.82) is 0 Å². The molecule has 1 atom stereocenters. The molecule has 1 aliphatic heterocycles. The highest BCUT2D eigenvalue weighted by atomic mass is 32.2. The van der Waals surface area contributed by atoms with E-state index in [2.05, 4.69) is 10.1 Å². The zero-order valence-electron chi connectivity index (χ0n) is 12.3. The molecule has 3 rings (SSSR count).